The zero-order valence-corrected chi connectivity index (χ0v) is 18.5. The Labute approximate surface area is 182 Å². The number of fused-ring (bicyclic) bond motifs is 3. The second-order valence-corrected chi connectivity index (χ2v) is 8.96. The molecule has 0 N–H and O–H groups in total. The van der Waals surface area contributed by atoms with Crippen LogP contribution in [0, 0.1) is 6.92 Å². The molecule has 162 valence electrons. The molecule has 31 heavy (non-hydrogen) atoms. The van der Waals surface area contributed by atoms with E-state index in [2.05, 4.69) is 23.4 Å². The Balaban J connectivity index is 1.35. The van der Waals surface area contributed by atoms with E-state index in [9.17, 15) is 4.79 Å². The van der Waals surface area contributed by atoms with Gasteiger partial charge in [-0.15, -0.1) is 0 Å². The van der Waals surface area contributed by atoms with Crippen LogP contribution in [0.25, 0.3) is 11.0 Å². The summed E-state index contributed by atoms with van der Waals surface area (Å²) in [6, 6.07) is 8.04. The minimum Gasteiger partial charge on any atom is -0.368 e. The van der Waals surface area contributed by atoms with Crippen LogP contribution in [0.1, 0.15) is 55.5 Å². The van der Waals surface area contributed by atoms with Gasteiger partial charge in [0.25, 0.3) is 0 Å². The molecule has 2 aliphatic rings. The quantitative estimate of drug-likeness (QED) is 0.651. The highest BCUT2D eigenvalue weighted by Gasteiger charge is 2.43. The molecule has 4 heterocycles. The van der Waals surface area contributed by atoms with Crippen molar-refractivity contribution in [3.63, 3.8) is 0 Å². The van der Waals surface area contributed by atoms with E-state index in [1.165, 1.54) is 5.56 Å². The number of hydrogen-bond donors (Lipinski definition) is 0. The molecule has 0 radical (unpaired) electrons. The number of nitrogens with zero attached hydrogens (tertiary/aromatic N) is 5. The predicted octanol–water partition coefficient (Wildman–Crippen LogP) is 3.35. The Hall–Kier alpha value is -2.80. The first-order valence-electron chi connectivity index (χ1n) is 11.2. The van der Waals surface area contributed by atoms with Gasteiger partial charge in [-0.25, -0.2) is 15.0 Å². The van der Waals surface area contributed by atoms with Gasteiger partial charge in [0.2, 0.25) is 5.91 Å². The Morgan fingerprint density at radius 3 is 2.74 bits per heavy atom. The molecular formula is C24H29N5O2. The van der Waals surface area contributed by atoms with Crippen LogP contribution in [0.15, 0.2) is 30.5 Å². The van der Waals surface area contributed by atoms with Gasteiger partial charge in [-0.05, 0) is 43.9 Å². The normalized spacial score (nSPS) is 18.0. The number of carbonyl (C=O) groups excluding carboxylic acids is 1. The van der Waals surface area contributed by atoms with E-state index in [0.717, 1.165) is 47.6 Å². The van der Waals surface area contributed by atoms with Crippen molar-refractivity contribution in [1.82, 2.24) is 24.4 Å². The van der Waals surface area contributed by atoms with Crippen LogP contribution in [0.2, 0.25) is 0 Å². The third kappa shape index (κ3) is 3.51. The van der Waals surface area contributed by atoms with E-state index in [1.54, 1.807) is 0 Å². The van der Waals surface area contributed by atoms with Gasteiger partial charge in [-0.1, -0.05) is 26.0 Å². The van der Waals surface area contributed by atoms with Gasteiger partial charge in [-0.3, -0.25) is 4.79 Å². The van der Waals surface area contributed by atoms with Gasteiger partial charge >= 0.3 is 0 Å². The van der Waals surface area contributed by atoms with Crippen molar-refractivity contribution in [3.8, 4) is 0 Å². The van der Waals surface area contributed by atoms with Crippen molar-refractivity contribution >= 4 is 16.9 Å². The first-order chi connectivity index (χ1) is 15.0. The van der Waals surface area contributed by atoms with Gasteiger partial charge in [0.05, 0.1) is 23.3 Å². The number of likely N-dealkylation sites (tertiary alicyclic amines) is 1. The SMILES string of the molecule is Cc1ncc2c(n1)C1(CCN(C(=O)Cn3c(C(C)C)nc4ccccc43)CC1)OCC2. The Morgan fingerprint density at radius 2 is 1.97 bits per heavy atom. The number of hydrogen-bond acceptors (Lipinski definition) is 5. The summed E-state index contributed by atoms with van der Waals surface area (Å²) in [7, 11) is 0. The zero-order valence-electron chi connectivity index (χ0n) is 18.5. The lowest BCUT2D eigenvalue weighted by atomic mass is 9.83. The summed E-state index contributed by atoms with van der Waals surface area (Å²) in [6.07, 6.45) is 4.33. The fourth-order valence-electron chi connectivity index (χ4n) is 4.93. The summed E-state index contributed by atoms with van der Waals surface area (Å²) < 4.78 is 8.37. The highest BCUT2D eigenvalue weighted by atomic mass is 16.5. The molecule has 1 amide bonds. The minimum atomic E-state index is -0.386. The van der Waals surface area contributed by atoms with Crippen LogP contribution in [-0.4, -0.2) is 50.0 Å². The molecule has 0 saturated carbocycles. The maximum absolute atomic E-state index is 13.3. The topological polar surface area (TPSA) is 73.1 Å². The van der Waals surface area contributed by atoms with Gasteiger partial charge in [0.15, 0.2) is 0 Å². The predicted molar refractivity (Wildman–Crippen MR) is 118 cm³/mol. The smallest absolute Gasteiger partial charge is 0.242 e. The molecule has 2 aromatic heterocycles. The van der Waals surface area contributed by atoms with Crippen LogP contribution in [0.3, 0.4) is 0 Å². The standard InChI is InChI=1S/C24H29N5O2/c1-16(2)23-27-19-6-4-5-7-20(19)29(23)15-21(30)28-11-9-24(10-12-28)22-18(8-13-31-24)14-25-17(3)26-22/h4-7,14,16H,8-13,15H2,1-3H3. The molecule has 7 heteroatoms. The van der Waals surface area contributed by atoms with E-state index in [0.29, 0.717) is 26.2 Å². The third-order valence-electron chi connectivity index (χ3n) is 6.58. The third-order valence-corrected chi connectivity index (χ3v) is 6.58. The number of amides is 1. The highest BCUT2D eigenvalue weighted by molar-refractivity contribution is 5.81. The lowest BCUT2D eigenvalue weighted by molar-refractivity contribution is -0.141. The largest absolute Gasteiger partial charge is 0.368 e. The first-order valence-corrected chi connectivity index (χ1v) is 11.2. The molecule has 1 spiro atoms. The van der Waals surface area contributed by atoms with Crippen molar-refractivity contribution in [2.75, 3.05) is 19.7 Å². The number of ether oxygens (including phenoxy) is 1. The second kappa shape index (κ2) is 7.71. The molecular weight excluding hydrogens is 390 g/mol. The summed E-state index contributed by atoms with van der Waals surface area (Å²) in [5.74, 6) is 2.12. The van der Waals surface area contributed by atoms with E-state index in [1.807, 2.05) is 42.3 Å². The van der Waals surface area contributed by atoms with Crippen molar-refractivity contribution in [2.45, 2.75) is 58.1 Å². The molecule has 0 bridgehead atoms. The van der Waals surface area contributed by atoms with Crippen LogP contribution < -0.4 is 0 Å². The molecule has 0 aliphatic carbocycles. The number of benzene rings is 1. The van der Waals surface area contributed by atoms with Gasteiger partial charge in [-0.2, -0.15) is 0 Å². The van der Waals surface area contributed by atoms with Crippen molar-refractivity contribution in [3.05, 3.63) is 53.4 Å². The summed E-state index contributed by atoms with van der Waals surface area (Å²) in [5, 5.41) is 0. The number of rotatable bonds is 3. The number of piperidine rings is 1. The maximum Gasteiger partial charge on any atom is 0.242 e. The molecule has 0 atom stereocenters. The average molecular weight is 420 g/mol. The fraction of sp³-hybridized carbons (Fsp3) is 0.500. The van der Waals surface area contributed by atoms with Crippen molar-refractivity contribution in [2.24, 2.45) is 0 Å². The van der Waals surface area contributed by atoms with Crippen LogP contribution >= 0.6 is 0 Å². The first kappa shape index (κ1) is 20.1. The van der Waals surface area contributed by atoms with E-state index in [-0.39, 0.29) is 17.4 Å². The monoisotopic (exact) mass is 419 g/mol. The van der Waals surface area contributed by atoms with Crippen LogP contribution in [0.5, 0.6) is 0 Å². The molecule has 5 rings (SSSR count). The van der Waals surface area contributed by atoms with Crippen LogP contribution in [0.4, 0.5) is 0 Å². The van der Waals surface area contributed by atoms with Crippen LogP contribution in [-0.2, 0) is 28.1 Å². The maximum atomic E-state index is 13.3. The minimum absolute atomic E-state index is 0.134. The summed E-state index contributed by atoms with van der Waals surface area (Å²) >= 11 is 0. The zero-order chi connectivity index (χ0) is 21.6. The molecule has 7 nitrogen and oxygen atoms in total. The number of para-hydroxylation sites is 2. The molecule has 1 saturated heterocycles. The molecule has 2 aliphatic heterocycles. The second-order valence-electron chi connectivity index (χ2n) is 8.96. The van der Waals surface area contributed by atoms with Crippen molar-refractivity contribution < 1.29 is 9.53 Å². The summed E-state index contributed by atoms with van der Waals surface area (Å²) in [6.45, 7) is 8.51. The number of aromatic nitrogens is 4. The lowest BCUT2D eigenvalue weighted by Crippen LogP contribution is -2.49. The number of imidazole rings is 1. The average Bonchev–Trinajstić information content (AvgIpc) is 3.14. The highest BCUT2D eigenvalue weighted by Crippen LogP contribution is 2.40. The van der Waals surface area contributed by atoms with E-state index < -0.39 is 0 Å². The molecule has 0 unspecified atom stereocenters. The molecule has 1 aromatic carbocycles. The van der Waals surface area contributed by atoms with E-state index in [4.69, 9.17) is 14.7 Å². The number of aryl methyl sites for hydroxylation is 1. The lowest BCUT2D eigenvalue weighted by Gasteiger charge is -2.44. The summed E-state index contributed by atoms with van der Waals surface area (Å²) in [5.41, 5.74) is 3.79. The van der Waals surface area contributed by atoms with E-state index >= 15 is 0 Å². The molecule has 1 fully saturated rings. The number of carbonyl (C=O) groups is 1. The Bertz CT molecular complexity index is 1130. The Kier molecular flexibility index (Phi) is 5.01. The Morgan fingerprint density at radius 1 is 1.19 bits per heavy atom. The summed E-state index contributed by atoms with van der Waals surface area (Å²) in [4.78, 5) is 29.1. The van der Waals surface area contributed by atoms with Gasteiger partial charge in [0, 0.05) is 25.2 Å². The fourth-order valence-corrected chi connectivity index (χ4v) is 4.93. The van der Waals surface area contributed by atoms with Gasteiger partial charge < -0.3 is 14.2 Å². The van der Waals surface area contributed by atoms with Gasteiger partial charge in [0.1, 0.15) is 23.8 Å². The van der Waals surface area contributed by atoms with Crippen molar-refractivity contribution in [1.29, 1.82) is 0 Å². The molecule has 3 aromatic rings.